The Balaban J connectivity index is 0. The summed E-state index contributed by atoms with van der Waals surface area (Å²) < 4.78 is 0. The monoisotopic (exact) mass is 448 g/mol. The number of nitriles is 1. The molecule has 1 heterocycles. The summed E-state index contributed by atoms with van der Waals surface area (Å²) in [6, 6.07) is 1.63. The van der Waals surface area contributed by atoms with Crippen molar-refractivity contribution in [2.45, 2.75) is 6.42 Å². The molecule has 13 heteroatoms. The van der Waals surface area contributed by atoms with E-state index in [0.717, 1.165) is 4.90 Å². The fourth-order valence-corrected chi connectivity index (χ4v) is 2.92. The molecule has 0 amide bonds. The van der Waals surface area contributed by atoms with Crippen LogP contribution >= 0.6 is 11.3 Å². The number of carboxylic acids is 4. The Labute approximate surface area is 181 Å². The van der Waals surface area contributed by atoms with Crippen molar-refractivity contribution in [3.05, 3.63) is 16.0 Å². The first-order valence-corrected chi connectivity index (χ1v) is 6.68. The number of aliphatic carboxylic acids is 3. The Morgan fingerprint density at radius 1 is 1.00 bits per heavy atom. The summed E-state index contributed by atoms with van der Waals surface area (Å²) in [5, 5.41) is 44.6. The van der Waals surface area contributed by atoms with Gasteiger partial charge in [0.15, 0.2) is 0 Å². The van der Waals surface area contributed by atoms with Gasteiger partial charge in [-0.2, -0.15) is 5.26 Å². The zero-order valence-corrected chi connectivity index (χ0v) is 16.8. The van der Waals surface area contributed by atoms with Gasteiger partial charge >= 0.3 is 23.9 Å². The number of thiophene rings is 1. The van der Waals surface area contributed by atoms with Gasteiger partial charge in [-0.05, 0) is 0 Å². The van der Waals surface area contributed by atoms with Crippen molar-refractivity contribution < 1.29 is 45.1 Å². The summed E-state index contributed by atoms with van der Waals surface area (Å²) in [4.78, 5) is 44.1. The van der Waals surface area contributed by atoms with Crippen molar-refractivity contribution >= 4 is 85.7 Å². The Hall–Kier alpha value is -1.69. The van der Waals surface area contributed by atoms with Gasteiger partial charge in [0.05, 0.1) is 12.0 Å². The van der Waals surface area contributed by atoms with Gasteiger partial charge in [0.2, 0.25) is 0 Å². The topological polar surface area (TPSA) is 208 Å². The third-order valence-corrected chi connectivity index (χ3v) is 3.84. The molecule has 25 heavy (non-hydrogen) atoms. The number of nitrogens with zero attached hydrogens (tertiary/aromatic N) is 2. The number of carboxylic acid groups (broad SMARTS) is 4. The molecule has 0 aliphatic carbocycles. The zero-order chi connectivity index (χ0) is 17.7. The molecule has 6 N–H and O–H groups in total. The third-order valence-electron chi connectivity index (χ3n) is 2.56. The van der Waals surface area contributed by atoms with Crippen LogP contribution in [0.15, 0.2) is 0 Å². The van der Waals surface area contributed by atoms with E-state index in [-0.39, 0.29) is 67.1 Å². The van der Waals surface area contributed by atoms with Crippen LogP contribution in [0.5, 0.6) is 0 Å². The van der Waals surface area contributed by atoms with Crippen LogP contribution < -0.4 is 4.90 Å². The predicted molar refractivity (Wildman–Crippen MR) is 84.2 cm³/mol. The largest absolute Gasteiger partial charge is 0.481 e. The van der Waals surface area contributed by atoms with Crippen LogP contribution in [0, 0.1) is 11.3 Å². The van der Waals surface area contributed by atoms with Crippen molar-refractivity contribution in [3.8, 4) is 6.07 Å². The van der Waals surface area contributed by atoms with Gasteiger partial charge in [0.1, 0.15) is 29.0 Å². The third kappa shape index (κ3) is 6.98. The second-order valence-corrected chi connectivity index (χ2v) is 5.22. The van der Waals surface area contributed by atoms with E-state index in [4.69, 9.17) is 20.4 Å². The van der Waals surface area contributed by atoms with Crippen LogP contribution in [-0.4, -0.2) is 108 Å². The van der Waals surface area contributed by atoms with Crippen molar-refractivity contribution in [1.82, 2.24) is 0 Å². The molecule has 1 rings (SSSR count). The van der Waals surface area contributed by atoms with E-state index < -0.39 is 48.3 Å². The molecule has 0 aromatic carbocycles. The van der Waals surface area contributed by atoms with E-state index in [9.17, 15) is 24.4 Å². The van der Waals surface area contributed by atoms with Gasteiger partial charge in [-0.1, -0.05) is 0 Å². The average Bonchev–Trinajstić information content (AvgIpc) is 2.74. The smallest absolute Gasteiger partial charge is 0.346 e. The molecular weight excluding hydrogens is 436 g/mol. The normalized spacial score (nSPS) is 9.08. The van der Waals surface area contributed by atoms with Gasteiger partial charge in [-0.3, -0.25) is 14.4 Å². The molecule has 11 nitrogen and oxygen atoms in total. The Morgan fingerprint density at radius 2 is 1.48 bits per heavy atom. The summed E-state index contributed by atoms with van der Waals surface area (Å²) in [5.74, 6) is -5.64. The molecule has 132 valence electrons. The predicted octanol–water partition coefficient (Wildman–Crippen LogP) is -1.28. The van der Waals surface area contributed by atoms with Crippen molar-refractivity contribution in [1.29, 1.82) is 5.26 Å². The minimum atomic E-state index is -1.49. The van der Waals surface area contributed by atoms with Crippen LogP contribution in [0.3, 0.4) is 0 Å². The summed E-state index contributed by atoms with van der Waals surface area (Å²) in [6.45, 7) is -1.57. The molecule has 0 atom stereocenters. The molecule has 0 spiro atoms. The number of aromatic carboxylic acids is 1. The Kier molecular flexibility index (Phi) is 11.3. The molecule has 0 bridgehead atoms. The number of rotatable bonds is 8. The van der Waals surface area contributed by atoms with Crippen LogP contribution in [0.25, 0.3) is 0 Å². The SMILES string of the molecule is N#Cc1c(N(CC(=O)O)CC(=O)O)sc(C(=O)O)c1CC(=O)O.O.[Sr]. The number of anilines is 1. The van der Waals surface area contributed by atoms with Crippen molar-refractivity contribution in [2.24, 2.45) is 0 Å². The van der Waals surface area contributed by atoms with E-state index in [1.807, 2.05) is 0 Å². The number of hydrogen-bond acceptors (Lipinski definition) is 7. The van der Waals surface area contributed by atoms with Gasteiger partial charge in [0, 0.05) is 51.0 Å². The zero-order valence-electron chi connectivity index (χ0n) is 12.6. The van der Waals surface area contributed by atoms with E-state index in [0.29, 0.717) is 11.3 Å². The van der Waals surface area contributed by atoms with E-state index >= 15 is 0 Å². The molecule has 0 saturated carbocycles. The first-order chi connectivity index (χ1) is 10.7. The van der Waals surface area contributed by atoms with Crippen LogP contribution in [0.2, 0.25) is 0 Å². The Bertz CT molecular complexity index is 709. The summed E-state index contributed by atoms with van der Waals surface area (Å²) >= 11 is 0.467. The van der Waals surface area contributed by atoms with Gasteiger partial charge in [0.25, 0.3) is 0 Å². The van der Waals surface area contributed by atoms with Crippen LogP contribution in [-0.2, 0) is 20.8 Å². The molecule has 2 radical (unpaired) electrons. The molecular formula is C12H12N2O9SSr. The quantitative estimate of drug-likeness (QED) is 0.346. The summed E-state index contributed by atoms with van der Waals surface area (Å²) in [6.07, 6.45) is -0.755. The average molecular weight is 448 g/mol. The molecule has 0 unspecified atom stereocenters. The van der Waals surface area contributed by atoms with Crippen LogP contribution in [0.1, 0.15) is 20.8 Å². The first kappa shape index (κ1) is 25.5. The second kappa shape index (κ2) is 11.0. The summed E-state index contributed by atoms with van der Waals surface area (Å²) in [7, 11) is 0. The molecule has 1 aromatic rings. The Morgan fingerprint density at radius 3 is 1.80 bits per heavy atom. The van der Waals surface area contributed by atoms with Crippen LogP contribution in [0.4, 0.5) is 5.00 Å². The van der Waals surface area contributed by atoms with E-state index in [1.54, 1.807) is 6.07 Å². The first-order valence-electron chi connectivity index (χ1n) is 5.86. The summed E-state index contributed by atoms with van der Waals surface area (Å²) in [5.41, 5.74) is -0.634. The second-order valence-electron chi connectivity index (χ2n) is 4.22. The van der Waals surface area contributed by atoms with Gasteiger partial charge < -0.3 is 30.8 Å². The molecule has 0 aliphatic heterocycles. The maximum Gasteiger partial charge on any atom is 0.346 e. The van der Waals surface area contributed by atoms with E-state index in [2.05, 4.69) is 0 Å². The van der Waals surface area contributed by atoms with Gasteiger partial charge in [-0.15, -0.1) is 11.3 Å². The fourth-order valence-electron chi connectivity index (χ4n) is 1.81. The standard InChI is InChI=1S/C12H10N2O8S.H2O.Sr/c13-2-6-5(1-7(15)16)10(12(21)22)23-11(6)14(3-8(17)18)4-9(19)20;;/h1,3-4H2,(H,15,16)(H,17,18)(H,19,20)(H,21,22);1H2;. The maximum atomic E-state index is 11.2. The molecule has 0 aliphatic rings. The molecule has 0 saturated heterocycles. The molecule has 0 fully saturated rings. The fraction of sp³-hybridized carbons (Fsp3) is 0.250. The maximum absolute atomic E-state index is 11.2. The van der Waals surface area contributed by atoms with Gasteiger partial charge in [-0.25, -0.2) is 4.79 Å². The minimum absolute atomic E-state index is 0. The van der Waals surface area contributed by atoms with Crippen molar-refractivity contribution in [2.75, 3.05) is 18.0 Å². The van der Waals surface area contributed by atoms with E-state index in [1.165, 1.54) is 0 Å². The minimum Gasteiger partial charge on any atom is -0.481 e. The molecule has 1 aromatic heterocycles. The van der Waals surface area contributed by atoms with Crippen molar-refractivity contribution in [3.63, 3.8) is 0 Å². The number of hydrogen-bond donors (Lipinski definition) is 4. The number of carbonyl (C=O) groups is 4.